The smallest absolute Gasteiger partial charge is 0.115 e. The van der Waals surface area contributed by atoms with Crippen molar-refractivity contribution in [3.63, 3.8) is 0 Å². The van der Waals surface area contributed by atoms with E-state index in [0.717, 1.165) is 17.7 Å². The molecule has 0 saturated heterocycles. The highest BCUT2D eigenvalue weighted by molar-refractivity contribution is 5.29. The molecule has 0 aliphatic rings. The largest absolute Gasteiger partial charge is 0.508 e. The van der Waals surface area contributed by atoms with E-state index in [4.69, 9.17) is 5.11 Å². The minimum atomic E-state index is 0.301. The van der Waals surface area contributed by atoms with E-state index < -0.39 is 0 Å². The lowest BCUT2D eigenvalue weighted by Crippen LogP contribution is -1.91. The van der Waals surface area contributed by atoms with Crippen molar-refractivity contribution < 1.29 is 5.11 Å². The Balaban J connectivity index is 2.15. The van der Waals surface area contributed by atoms with Crippen LogP contribution in [0.5, 0.6) is 5.75 Å². The van der Waals surface area contributed by atoms with Crippen LogP contribution in [-0.4, -0.2) is 10.1 Å². The lowest BCUT2D eigenvalue weighted by molar-refractivity contribution is 0.475. The Morgan fingerprint density at radius 2 is 1.80 bits per heavy atom. The van der Waals surface area contributed by atoms with Crippen LogP contribution in [0.3, 0.4) is 0 Å². The number of aromatic nitrogens is 1. The topological polar surface area (TPSA) is 33.1 Å². The molecule has 0 atom stereocenters. The van der Waals surface area contributed by atoms with Gasteiger partial charge in [0, 0.05) is 18.3 Å². The highest BCUT2D eigenvalue weighted by atomic mass is 16.3. The van der Waals surface area contributed by atoms with Gasteiger partial charge in [-0.2, -0.15) is 0 Å². The molecule has 1 aromatic heterocycles. The Kier molecular flexibility index (Phi) is 2.68. The van der Waals surface area contributed by atoms with E-state index in [-0.39, 0.29) is 0 Å². The van der Waals surface area contributed by atoms with Gasteiger partial charge in [0.25, 0.3) is 0 Å². The van der Waals surface area contributed by atoms with Crippen LogP contribution in [0.15, 0.2) is 42.6 Å². The second-order valence-corrected chi connectivity index (χ2v) is 3.67. The summed E-state index contributed by atoms with van der Waals surface area (Å²) in [5, 5.41) is 9.14. The summed E-state index contributed by atoms with van der Waals surface area (Å²) in [6, 6.07) is 11.3. The summed E-state index contributed by atoms with van der Waals surface area (Å²) in [7, 11) is 0. The third-order valence-corrected chi connectivity index (χ3v) is 2.29. The van der Waals surface area contributed by atoms with Gasteiger partial charge in [0.1, 0.15) is 5.75 Å². The molecule has 15 heavy (non-hydrogen) atoms. The summed E-state index contributed by atoms with van der Waals surface area (Å²) in [6.45, 7) is 2.03. The van der Waals surface area contributed by atoms with E-state index in [1.54, 1.807) is 12.1 Å². The van der Waals surface area contributed by atoms with E-state index in [0.29, 0.717) is 5.75 Å². The molecule has 0 aliphatic heterocycles. The van der Waals surface area contributed by atoms with Crippen LogP contribution < -0.4 is 0 Å². The molecule has 0 amide bonds. The minimum absolute atomic E-state index is 0.301. The first-order valence-electron chi connectivity index (χ1n) is 4.93. The molecule has 0 bridgehead atoms. The van der Waals surface area contributed by atoms with Crippen LogP contribution in [0, 0.1) is 6.92 Å². The molecular formula is C13H13NO. The van der Waals surface area contributed by atoms with E-state index in [9.17, 15) is 0 Å². The first kappa shape index (κ1) is 9.71. The monoisotopic (exact) mass is 199 g/mol. The van der Waals surface area contributed by atoms with Crippen LogP contribution in [0.4, 0.5) is 0 Å². The number of benzene rings is 1. The third-order valence-electron chi connectivity index (χ3n) is 2.29. The first-order chi connectivity index (χ1) is 7.24. The predicted octanol–water partition coefficient (Wildman–Crippen LogP) is 2.69. The fourth-order valence-electron chi connectivity index (χ4n) is 1.43. The number of aryl methyl sites for hydroxylation is 1. The van der Waals surface area contributed by atoms with E-state index in [2.05, 4.69) is 11.1 Å². The molecule has 0 aliphatic carbocycles. The number of hydrogen-bond acceptors (Lipinski definition) is 2. The van der Waals surface area contributed by atoms with Crippen molar-refractivity contribution in [3.05, 3.63) is 59.4 Å². The molecular weight excluding hydrogens is 186 g/mol. The quantitative estimate of drug-likeness (QED) is 0.806. The molecule has 2 heteroatoms. The van der Waals surface area contributed by atoms with Gasteiger partial charge in [0.2, 0.25) is 0 Å². The zero-order valence-corrected chi connectivity index (χ0v) is 8.64. The SMILES string of the molecule is Cc1ccc(Cc2ccc(O)cc2)nc1. The van der Waals surface area contributed by atoms with Crippen LogP contribution in [0.25, 0.3) is 0 Å². The molecule has 2 rings (SSSR count). The van der Waals surface area contributed by atoms with Crippen molar-refractivity contribution in [2.75, 3.05) is 0 Å². The number of pyridine rings is 1. The van der Waals surface area contributed by atoms with Crippen molar-refractivity contribution in [2.24, 2.45) is 0 Å². The van der Waals surface area contributed by atoms with Gasteiger partial charge < -0.3 is 5.11 Å². The molecule has 0 saturated carbocycles. The standard InChI is InChI=1S/C13H13NO/c1-10-2-5-12(14-9-10)8-11-3-6-13(15)7-4-11/h2-7,9,15H,8H2,1H3. The molecule has 2 nitrogen and oxygen atoms in total. The number of hydrogen-bond donors (Lipinski definition) is 1. The summed E-state index contributed by atoms with van der Waals surface area (Å²) >= 11 is 0. The van der Waals surface area contributed by atoms with Gasteiger partial charge in [-0.25, -0.2) is 0 Å². The Labute approximate surface area is 89.2 Å². The average molecular weight is 199 g/mol. The zero-order valence-electron chi connectivity index (χ0n) is 8.64. The van der Waals surface area contributed by atoms with Crippen molar-refractivity contribution in [1.82, 2.24) is 4.98 Å². The van der Waals surface area contributed by atoms with Crippen molar-refractivity contribution in [2.45, 2.75) is 13.3 Å². The van der Waals surface area contributed by atoms with Crippen LogP contribution in [-0.2, 0) is 6.42 Å². The number of nitrogens with zero attached hydrogens (tertiary/aromatic N) is 1. The van der Waals surface area contributed by atoms with Crippen molar-refractivity contribution in [3.8, 4) is 5.75 Å². The zero-order chi connectivity index (χ0) is 10.7. The number of phenolic OH excluding ortho intramolecular Hbond substituents is 1. The maximum absolute atomic E-state index is 9.14. The fourth-order valence-corrected chi connectivity index (χ4v) is 1.43. The van der Waals surface area contributed by atoms with Gasteiger partial charge in [0.15, 0.2) is 0 Å². The Morgan fingerprint density at radius 1 is 1.07 bits per heavy atom. The summed E-state index contributed by atoms with van der Waals surface area (Å²) in [5.74, 6) is 0.301. The van der Waals surface area contributed by atoms with Gasteiger partial charge >= 0.3 is 0 Å². The molecule has 1 aromatic carbocycles. The highest BCUT2D eigenvalue weighted by Gasteiger charge is 1.97. The molecule has 0 fully saturated rings. The Bertz CT molecular complexity index is 388. The Hall–Kier alpha value is -1.83. The normalized spacial score (nSPS) is 10.2. The van der Waals surface area contributed by atoms with E-state index in [1.807, 2.05) is 31.3 Å². The summed E-state index contributed by atoms with van der Waals surface area (Å²) in [6.07, 6.45) is 2.68. The lowest BCUT2D eigenvalue weighted by Gasteiger charge is -2.01. The molecule has 76 valence electrons. The Morgan fingerprint density at radius 3 is 2.40 bits per heavy atom. The van der Waals surface area contributed by atoms with Crippen molar-refractivity contribution >= 4 is 0 Å². The molecule has 0 unspecified atom stereocenters. The maximum Gasteiger partial charge on any atom is 0.115 e. The van der Waals surface area contributed by atoms with E-state index >= 15 is 0 Å². The first-order valence-corrected chi connectivity index (χ1v) is 4.93. The third kappa shape index (κ3) is 2.56. The van der Waals surface area contributed by atoms with Crippen LogP contribution >= 0.6 is 0 Å². The maximum atomic E-state index is 9.14. The molecule has 2 aromatic rings. The van der Waals surface area contributed by atoms with Crippen LogP contribution in [0.2, 0.25) is 0 Å². The number of rotatable bonds is 2. The van der Waals surface area contributed by atoms with Gasteiger partial charge in [-0.05, 0) is 36.2 Å². The van der Waals surface area contributed by atoms with Gasteiger partial charge in [0.05, 0.1) is 0 Å². The van der Waals surface area contributed by atoms with Gasteiger partial charge in [-0.3, -0.25) is 4.98 Å². The number of aromatic hydroxyl groups is 1. The second-order valence-electron chi connectivity index (χ2n) is 3.67. The van der Waals surface area contributed by atoms with Gasteiger partial charge in [-0.15, -0.1) is 0 Å². The van der Waals surface area contributed by atoms with Gasteiger partial charge in [-0.1, -0.05) is 18.2 Å². The lowest BCUT2D eigenvalue weighted by atomic mass is 10.1. The van der Waals surface area contributed by atoms with Crippen molar-refractivity contribution in [1.29, 1.82) is 0 Å². The fraction of sp³-hybridized carbons (Fsp3) is 0.154. The molecule has 1 N–H and O–H groups in total. The highest BCUT2D eigenvalue weighted by Crippen LogP contribution is 2.12. The summed E-state index contributed by atoms with van der Waals surface area (Å²) < 4.78 is 0. The predicted molar refractivity (Wildman–Crippen MR) is 59.9 cm³/mol. The summed E-state index contributed by atoms with van der Waals surface area (Å²) in [5.41, 5.74) is 3.37. The summed E-state index contributed by atoms with van der Waals surface area (Å²) in [4.78, 5) is 4.33. The second kappa shape index (κ2) is 4.13. The molecule has 0 spiro atoms. The molecule has 0 radical (unpaired) electrons. The minimum Gasteiger partial charge on any atom is -0.508 e. The molecule has 1 heterocycles. The van der Waals surface area contributed by atoms with Crippen LogP contribution in [0.1, 0.15) is 16.8 Å². The average Bonchev–Trinajstić information content (AvgIpc) is 2.25. The number of phenols is 1. The van der Waals surface area contributed by atoms with E-state index in [1.165, 1.54) is 5.56 Å².